The van der Waals surface area contributed by atoms with E-state index in [0.29, 0.717) is 0 Å². The van der Waals surface area contributed by atoms with Crippen LogP contribution in [-0.4, -0.2) is 14.2 Å². The van der Waals surface area contributed by atoms with Gasteiger partial charge in [-0.25, -0.2) is 13.1 Å². The summed E-state index contributed by atoms with van der Waals surface area (Å²) in [6.45, 7) is 5.92. The first-order valence-electron chi connectivity index (χ1n) is 8.59. The van der Waals surface area contributed by atoms with Crippen LogP contribution in [0.4, 0.5) is 0 Å². The molecule has 0 aliphatic carbocycles. The molecule has 0 spiro atoms. The second-order valence-electron chi connectivity index (χ2n) is 7.22. The van der Waals surface area contributed by atoms with Gasteiger partial charge < -0.3 is 5.73 Å². The van der Waals surface area contributed by atoms with Gasteiger partial charge >= 0.3 is 0 Å². The molecule has 2 atom stereocenters. The molecule has 4 nitrogen and oxygen atoms in total. The molecule has 0 amide bonds. The smallest absolute Gasteiger partial charge is 0.212 e. The van der Waals surface area contributed by atoms with E-state index < -0.39 is 22.1 Å². The second-order valence-corrected chi connectivity index (χ2v) is 8.97. The number of rotatable bonds is 8. The van der Waals surface area contributed by atoms with Crippen molar-refractivity contribution in [3.63, 3.8) is 0 Å². The van der Waals surface area contributed by atoms with Gasteiger partial charge in [0.1, 0.15) is 0 Å². The first-order chi connectivity index (χ1) is 11.7. The molecule has 2 rings (SSSR count). The van der Waals surface area contributed by atoms with E-state index >= 15 is 0 Å². The molecule has 2 aromatic rings. The van der Waals surface area contributed by atoms with Crippen molar-refractivity contribution in [2.45, 2.75) is 39.3 Å². The lowest BCUT2D eigenvalue weighted by Crippen LogP contribution is -2.40. The fourth-order valence-corrected chi connectivity index (χ4v) is 4.71. The molecule has 0 saturated heterocycles. The van der Waals surface area contributed by atoms with Crippen LogP contribution in [0.1, 0.15) is 50.4 Å². The zero-order valence-corrected chi connectivity index (χ0v) is 16.0. The van der Waals surface area contributed by atoms with Gasteiger partial charge in [0, 0.05) is 0 Å². The second kappa shape index (κ2) is 8.13. The summed E-state index contributed by atoms with van der Waals surface area (Å²) in [4.78, 5) is 0. The molecule has 0 fully saturated rings. The number of hydrogen-bond donors (Lipinski definition) is 2. The maximum atomic E-state index is 12.8. The van der Waals surface area contributed by atoms with Gasteiger partial charge in [0.25, 0.3) is 0 Å². The van der Waals surface area contributed by atoms with Gasteiger partial charge in [-0.05, 0) is 23.0 Å². The summed E-state index contributed by atoms with van der Waals surface area (Å²) in [7, 11) is -3.48. The number of benzene rings is 2. The molecule has 0 aliphatic heterocycles. The van der Waals surface area contributed by atoms with Gasteiger partial charge in [-0.15, -0.1) is 0 Å². The van der Waals surface area contributed by atoms with Crippen molar-refractivity contribution in [3.8, 4) is 0 Å². The van der Waals surface area contributed by atoms with E-state index in [9.17, 15) is 8.42 Å². The zero-order chi connectivity index (χ0) is 18.5. The van der Waals surface area contributed by atoms with Crippen molar-refractivity contribution < 1.29 is 8.42 Å². The Balaban J connectivity index is 2.33. The Morgan fingerprint density at radius 3 is 1.92 bits per heavy atom. The number of nitrogens with two attached hydrogens (primary N) is 1. The van der Waals surface area contributed by atoms with E-state index in [0.717, 1.165) is 17.5 Å². The quantitative estimate of drug-likeness (QED) is 0.752. The van der Waals surface area contributed by atoms with Gasteiger partial charge in [-0.3, -0.25) is 0 Å². The number of nitrogens with one attached hydrogen (secondary N) is 1. The molecule has 0 heterocycles. The monoisotopic (exact) mass is 360 g/mol. The highest BCUT2D eigenvalue weighted by atomic mass is 32.2. The minimum Gasteiger partial charge on any atom is -0.322 e. The highest BCUT2D eigenvalue weighted by molar-refractivity contribution is 7.89. The third kappa shape index (κ3) is 5.66. The predicted octanol–water partition coefficient (Wildman–Crippen LogP) is 3.78. The van der Waals surface area contributed by atoms with E-state index in [2.05, 4.69) is 4.72 Å². The van der Waals surface area contributed by atoms with Crippen LogP contribution in [0.2, 0.25) is 0 Å². The van der Waals surface area contributed by atoms with Crippen molar-refractivity contribution in [2.75, 3.05) is 5.75 Å². The first-order valence-corrected chi connectivity index (χ1v) is 10.2. The van der Waals surface area contributed by atoms with Crippen molar-refractivity contribution in [2.24, 2.45) is 11.1 Å². The minimum absolute atomic E-state index is 0.0708. The highest BCUT2D eigenvalue weighted by Gasteiger charge is 2.30. The van der Waals surface area contributed by atoms with Crippen LogP contribution in [0.15, 0.2) is 60.7 Å². The van der Waals surface area contributed by atoms with Crippen molar-refractivity contribution in [3.05, 3.63) is 71.8 Å². The van der Waals surface area contributed by atoms with E-state index in [-0.39, 0.29) is 11.2 Å². The lowest BCUT2D eigenvalue weighted by Gasteiger charge is -2.28. The molecule has 2 aromatic carbocycles. The SMILES string of the molecule is CCC(C)(C)CS(=O)(=O)NC(c1ccccc1)C(N)c1ccccc1. The van der Waals surface area contributed by atoms with E-state index in [1.807, 2.05) is 81.4 Å². The summed E-state index contributed by atoms with van der Waals surface area (Å²) in [6.07, 6.45) is 0.786. The van der Waals surface area contributed by atoms with Gasteiger partial charge in [-0.1, -0.05) is 81.4 Å². The summed E-state index contributed by atoms with van der Waals surface area (Å²) >= 11 is 0. The normalized spacial score (nSPS) is 14.9. The highest BCUT2D eigenvalue weighted by Crippen LogP contribution is 2.29. The Labute approximate surface area is 151 Å². The lowest BCUT2D eigenvalue weighted by atomic mass is 9.93. The van der Waals surface area contributed by atoms with Crippen molar-refractivity contribution in [1.29, 1.82) is 0 Å². The average Bonchev–Trinajstić information content (AvgIpc) is 2.60. The molecule has 0 aliphatic rings. The molecule has 5 heteroatoms. The summed E-state index contributed by atoms with van der Waals surface area (Å²) in [5, 5.41) is 0. The van der Waals surface area contributed by atoms with Crippen LogP contribution in [0.3, 0.4) is 0 Å². The molecule has 0 saturated carbocycles. The van der Waals surface area contributed by atoms with Crippen LogP contribution < -0.4 is 10.5 Å². The van der Waals surface area contributed by atoms with Gasteiger partial charge in [0.05, 0.1) is 17.8 Å². The standard InChI is InChI=1S/C20H28N2O2S/c1-4-20(2,3)15-25(23,24)22-19(17-13-9-6-10-14-17)18(21)16-11-7-5-8-12-16/h5-14,18-19,22H,4,15,21H2,1-3H3. The Morgan fingerprint density at radius 1 is 0.960 bits per heavy atom. The Kier molecular flexibility index (Phi) is 6.38. The average molecular weight is 361 g/mol. The summed E-state index contributed by atoms with van der Waals surface area (Å²) in [6, 6.07) is 18.1. The summed E-state index contributed by atoms with van der Waals surface area (Å²) in [5.41, 5.74) is 7.92. The lowest BCUT2D eigenvalue weighted by molar-refractivity contribution is 0.391. The molecule has 2 unspecified atom stereocenters. The fraction of sp³-hybridized carbons (Fsp3) is 0.400. The number of sulfonamides is 1. The third-order valence-electron chi connectivity index (χ3n) is 4.55. The van der Waals surface area contributed by atoms with Crippen LogP contribution in [0, 0.1) is 5.41 Å². The molecule has 25 heavy (non-hydrogen) atoms. The Bertz CT molecular complexity index is 759. The first kappa shape index (κ1) is 19.6. The summed E-state index contributed by atoms with van der Waals surface area (Å²) in [5.74, 6) is 0.0708. The van der Waals surface area contributed by atoms with Crippen LogP contribution in [0.25, 0.3) is 0 Å². The number of hydrogen-bond acceptors (Lipinski definition) is 3. The minimum atomic E-state index is -3.48. The fourth-order valence-electron chi connectivity index (χ4n) is 2.73. The van der Waals surface area contributed by atoms with E-state index in [4.69, 9.17) is 5.73 Å². The zero-order valence-electron chi connectivity index (χ0n) is 15.1. The van der Waals surface area contributed by atoms with Crippen molar-refractivity contribution in [1.82, 2.24) is 4.72 Å². The molecule has 0 bridgehead atoms. The molecular formula is C20H28N2O2S. The Hall–Kier alpha value is -1.69. The molecule has 3 N–H and O–H groups in total. The van der Waals surface area contributed by atoms with E-state index in [1.165, 1.54) is 0 Å². The molecule has 136 valence electrons. The maximum Gasteiger partial charge on any atom is 0.212 e. The van der Waals surface area contributed by atoms with E-state index in [1.54, 1.807) is 0 Å². The van der Waals surface area contributed by atoms with Gasteiger partial charge in [0.2, 0.25) is 10.0 Å². The summed E-state index contributed by atoms with van der Waals surface area (Å²) < 4.78 is 28.4. The molecular weight excluding hydrogens is 332 g/mol. The predicted molar refractivity (Wildman–Crippen MR) is 104 cm³/mol. The van der Waals surface area contributed by atoms with Gasteiger partial charge in [0.15, 0.2) is 0 Å². The van der Waals surface area contributed by atoms with Crippen molar-refractivity contribution >= 4 is 10.0 Å². The van der Waals surface area contributed by atoms with Crippen LogP contribution >= 0.6 is 0 Å². The molecule has 0 radical (unpaired) electrons. The van der Waals surface area contributed by atoms with Crippen LogP contribution in [-0.2, 0) is 10.0 Å². The largest absolute Gasteiger partial charge is 0.322 e. The van der Waals surface area contributed by atoms with Crippen LogP contribution in [0.5, 0.6) is 0 Å². The third-order valence-corrected chi connectivity index (χ3v) is 6.32. The maximum absolute atomic E-state index is 12.8. The molecule has 0 aromatic heterocycles. The topological polar surface area (TPSA) is 72.2 Å². The Morgan fingerprint density at radius 2 is 1.44 bits per heavy atom. The van der Waals surface area contributed by atoms with Gasteiger partial charge in [-0.2, -0.15) is 0 Å².